The fourth-order valence-corrected chi connectivity index (χ4v) is 2.97. The van der Waals surface area contributed by atoms with Gasteiger partial charge in [-0.25, -0.2) is 0 Å². The van der Waals surface area contributed by atoms with E-state index in [2.05, 4.69) is 31.3 Å². The van der Waals surface area contributed by atoms with Gasteiger partial charge < -0.3 is 10.2 Å². The van der Waals surface area contributed by atoms with Crippen LogP contribution in [0.25, 0.3) is 0 Å². The van der Waals surface area contributed by atoms with Crippen LogP contribution in [0.2, 0.25) is 0 Å². The van der Waals surface area contributed by atoms with Gasteiger partial charge in [-0.3, -0.25) is 4.79 Å². The Morgan fingerprint density at radius 1 is 1.39 bits per heavy atom. The van der Waals surface area contributed by atoms with Gasteiger partial charge in [-0.1, -0.05) is 26.0 Å². The molecule has 1 saturated heterocycles. The highest BCUT2D eigenvalue weighted by molar-refractivity contribution is 5.97. The summed E-state index contributed by atoms with van der Waals surface area (Å²) in [6.45, 7) is 7.08. The van der Waals surface area contributed by atoms with Crippen molar-refractivity contribution in [1.29, 1.82) is 0 Å². The van der Waals surface area contributed by atoms with Gasteiger partial charge in [0, 0.05) is 31.2 Å². The molecule has 1 atom stereocenters. The third-order valence-corrected chi connectivity index (χ3v) is 4.09. The van der Waals surface area contributed by atoms with E-state index in [4.69, 9.17) is 0 Å². The van der Waals surface area contributed by atoms with Crippen LogP contribution >= 0.6 is 0 Å². The Labute approximate surface area is 108 Å². The van der Waals surface area contributed by atoms with E-state index >= 15 is 0 Å². The van der Waals surface area contributed by atoms with E-state index in [9.17, 15) is 4.79 Å². The molecule has 3 rings (SSSR count). The highest BCUT2D eigenvalue weighted by atomic mass is 16.2. The second-order valence-electron chi connectivity index (χ2n) is 5.63. The van der Waals surface area contributed by atoms with Crippen molar-refractivity contribution in [1.82, 2.24) is 10.2 Å². The molecule has 2 aliphatic heterocycles. The molecule has 1 aromatic rings. The highest BCUT2D eigenvalue weighted by Gasteiger charge is 2.33. The van der Waals surface area contributed by atoms with E-state index in [0.29, 0.717) is 12.0 Å². The monoisotopic (exact) mass is 244 g/mol. The lowest BCUT2D eigenvalue weighted by Crippen LogP contribution is -2.56. The SMILES string of the molecule is CC(C)c1ccc2c(c1)C[C@@H]1CNCCN1C2=O. The third-order valence-electron chi connectivity index (χ3n) is 4.09. The molecule has 0 saturated carbocycles. The van der Waals surface area contributed by atoms with E-state index in [1.165, 1.54) is 11.1 Å². The number of rotatable bonds is 1. The zero-order chi connectivity index (χ0) is 12.7. The summed E-state index contributed by atoms with van der Waals surface area (Å²) >= 11 is 0. The number of amides is 1. The van der Waals surface area contributed by atoms with Crippen LogP contribution in [0.15, 0.2) is 18.2 Å². The molecule has 96 valence electrons. The standard InChI is InChI=1S/C15H20N2O/c1-10(2)11-3-4-14-12(7-11)8-13-9-16-5-6-17(13)15(14)18/h3-4,7,10,13,16H,5-6,8-9H2,1-2H3/t13-/m1/s1. The summed E-state index contributed by atoms with van der Waals surface area (Å²) in [7, 11) is 0. The first kappa shape index (κ1) is 11.7. The Hall–Kier alpha value is -1.35. The average molecular weight is 244 g/mol. The molecule has 1 amide bonds. The van der Waals surface area contributed by atoms with Gasteiger partial charge in [-0.2, -0.15) is 0 Å². The summed E-state index contributed by atoms with van der Waals surface area (Å²) in [6.07, 6.45) is 0.995. The van der Waals surface area contributed by atoms with Crippen molar-refractivity contribution >= 4 is 5.91 Å². The molecule has 18 heavy (non-hydrogen) atoms. The number of piperazine rings is 1. The molecule has 0 aromatic heterocycles. The number of hydrogen-bond acceptors (Lipinski definition) is 2. The lowest BCUT2D eigenvalue weighted by molar-refractivity contribution is 0.0606. The number of benzene rings is 1. The van der Waals surface area contributed by atoms with Gasteiger partial charge >= 0.3 is 0 Å². The quantitative estimate of drug-likeness (QED) is 0.816. The molecule has 0 spiro atoms. The van der Waals surface area contributed by atoms with Crippen molar-refractivity contribution < 1.29 is 4.79 Å². The molecule has 0 aliphatic carbocycles. The van der Waals surface area contributed by atoms with Crippen LogP contribution < -0.4 is 5.32 Å². The first-order chi connectivity index (χ1) is 8.66. The van der Waals surface area contributed by atoms with Crippen molar-refractivity contribution in [2.75, 3.05) is 19.6 Å². The third kappa shape index (κ3) is 1.83. The van der Waals surface area contributed by atoms with Gasteiger partial charge in [0.2, 0.25) is 0 Å². The smallest absolute Gasteiger partial charge is 0.254 e. The topological polar surface area (TPSA) is 32.3 Å². The van der Waals surface area contributed by atoms with E-state index < -0.39 is 0 Å². The molecule has 1 fully saturated rings. The van der Waals surface area contributed by atoms with E-state index in [1.807, 2.05) is 11.0 Å². The van der Waals surface area contributed by atoms with Crippen LogP contribution in [0.4, 0.5) is 0 Å². The van der Waals surface area contributed by atoms with Gasteiger partial charge in [-0.15, -0.1) is 0 Å². The molecule has 3 nitrogen and oxygen atoms in total. The molecular formula is C15H20N2O. The summed E-state index contributed by atoms with van der Waals surface area (Å²) < 4.78 is 0. The molecule has 2 heterocycles. The highest BCUT2D eigenvalue weighted by Crippen LogP contribution is 2.27. The average Bonchev–Trinajstić information content (AvgIpc) is 2.38. The van der Waals surface area contributed by atoms with E-state index in [1.54, 1.807) is 0 Å². The van der Waals surface area contributed by atoms with Gasteiger partial charge in [0.05, 0.1) is 0 Å². The van der Waals surface area contributed by atoms with Crippen LogP contribution in [0, 0.1) is 0 Å². The lowest BCUT2D eigenvalue weighted by Gasteiger charge is -2.40. The summed E-state index contributed by atoms with van der Waals surface area (Å²) in [5.74, 6) is 0.742. The van der Waals surface area contributed by atoms with Crippen molar-refractivity contribution in [3.63, 3.8) is 0 Å². The van der Waals surface area contributed by atoms with Crippen molar-refractivity contribution in [3.05, 3.63) is 34.9 Å². The molecular weight excluding hydrogens is 224 g/mol. The second kappa shape index (κ2) is 4.39. The Morgan fingerprint density at radius 2 is 2.22 bits per heavy atom. The van der Waals surface area contributed by atoms with Crippen LogP contribution in [0.3, 0.4) is 0 Å². The van der Waals surface area contributed by atoms with E-state index in [0.717, 1.165) is 31.6 Å². The number of carbonyl (C=O) groups is 1. The maximum atomic E-state index is 12.4. The molecule has 1 aromatic carbocycles. The lowest BCUT2D eigenvalue weighted by atomic mass is 9.89. The van der Waals surface area contributed by atoms with Crippen LogP contribution in [0.5, 0.6) is 0 Å². The molecule has 0 unspecified atom stereocenters. The van der Waals surface area contributed by atoms with Crippen molar-refractivity contribution in [2.24, 2.45) is 0 Å². The van der Waals surface area contributed by atoms with Crippen molar-refractivity contribution in [2.45, 2.75) is 32.2 Å². The van der Waals surface area contributed by atoms with Crippen LogP contribution in [-0.2, 0) is 6.42 Å². The second-order valence-corrected chi connectivity index (χ2v) is 5.63. The summed E-state index contributed by atoms with van der Waals surface area (Å²) in [5, 5.41) is 3.38. The molecule has 2 aliphatic rings. The fourth-order valence-electron chi connectivity index (χ4n) is 2.97. The van der Waals surface area contributed by atoms with E-state index in [-0.39, 0.29) is 5.91 Å². The number of nitrogens with zero attached hydrogens (tertiary/aromatic N) is 1. The zero-order valence-corrected chi connectivity index (χ0v) is 11.1. The molecule has 0 bridgehead atoms. The maximum Gasteiger partial charge on any atom is 0.254 e. The number of hydrogen-bond donors (Lipinski definition) is 1. The Kier molecular flexibility index (Phi) is 2.86. The first-order valence-corrected chi connectivity index (χ1v) is 6.81. The molecule has 0 radical (unpaired) electrons. The minimum Gasteiger partial charge on any atom is -0.333 e. The van der Waals surface area contributed by atoms with Gasteiger partial charge in [0.25, 0.3) is 5.91 Å². The van der Waals surface area contributed by atoms with Gasteiger partial charge in [-0.05, 0) is 29.5 Å². The largest absolute Gasteiger partial charge is 0.333 e. The maximum absolute atomic E-state index is 12.4. The number of carbonyl (C=O) groups excluding carboxylic acids is 1. The normalized spacial score (nSPS) is 22.9. The predicted octanol–water partition coefficient (Wildman–Crippen LogP) is 1.78. The Morgan fingerprint density at radius 3 is 3.00 bits per heavy atom. The van der Waals surface area contributed by atoms with Crippen LogP contribution in [0.1, 0.15) is 41.3 Å². The Bertz CT molecular complexity index is 481. The number of nitrogens with one attached hydrogen (secondary N) is 1. The summed E-state index contributed by atoms with van der Waals surface area (Å²) in [4.78, 5) is 14.5. The predicted molar refractivity (Wildman–Crippen MR) is 71.9 cm³/mol. The minimum absolute atomic E-state index is 0.220. The first-order valence-electron chi connectivity index (χ1n) is 6.81. The van der Waals surface area contributed by atoms with Crippen LogP contribution in [-0.4, -0.2) is 36.5 Å². The zero-order valence-electron chi connectivity index (χ0n) is 11.1. The molecule has 3 heteroatoms. The minimum atomic E-state index is 0.220. The summed E-state index contributed by atoms with van der Waals surface area (Å²) in [5.41, 5.74) is 3.48. The van der Waals surface area contributed by atoms with Gasteiger partial charge in [0.1, 0.15) is 0 Å². The summed E-state index contributed by atoms with van der Waals surface area (Å²) in [6, 6.07) is 6.69. The fraction of sp³-hybridized carbons (Fsp3) is 0.533. The van der Waals surface area contributed by atoms with Crippen molar-refractivity contribution in [3.8, 4) is 0 Å². The molecule has 1 N–H and O–H groups in total. The Balaban J connectivity index is 1.99. The van der Waals surface area contributed by atoms with Gasteiger partial charge in [0.15, 0.2) is 0 Å². The number of fused-ring (bicyclic) bond motifs is 2.